The minimum Gasteiger partial charge on any atom is -0.391 e. The number of nitrogens with one attached hydrogen (secondary N) is 1. The summed E-state index contributed by atoms with van der Waals surface area (Å²) >= 11 is 0. The molecule has 0 fully saturated rings. The SMILES string of the molecule is CC/C=C\C/C=C\C/C=C\C/C=C\C/C=C\C/C=C\C/C=C\C/C=C\CCCCCCCCC(=O)NC(COP(=O)(O)OCC[N+](C)(C)C)C(O)CCCCCCCCCCCCCCCCCC. The van der Waals surface area contributed by atoms with Gasteiger partial charge >= 0.3 is 7.82 Å². The van der Waals surface area contributed by atoms with E-state index in [-0.39, 0.29) is 19.1 Å². The van der Waals surface area contributed by atoms with Crippen molar-refractivity contribution >= 4 is 13.7 Å². The van der Waals surface area contributed by atoms with Gasteiger partial charge in [0.2, 0.25) is 5.91 Å². The molecule has 0 heterocycles. The predicted molar refractivity (Wildman–Crippen MR) is 299 cm³/mol. The summed E-state index contributed by atoms with van der Waals surface area (Å²) in [5, 5.41) is 14.0. The van der Waals surface area contributed by atoms with Crippen molar-refractivity contribution in [3.63, 3.8) is 0 Å². The van der Waals surface area contributed by atoms with Crippen molar-refractivity contribution in [2.75, 3.05) is 40.9 Å². The molecule has 0 aliphatic carbocycles. The number of phosphoric ester groups is 1. The summed E-state index contributed by atoms with van der Waals surface area (Å²) in [7, 11) is 1.59. The standard InChI is InChI=1S/C60H107N2O6P/c1-6-8-10-12-14-16-18-20-22-24-25-26-27-28-29-30-31-32-33-34-35-36-37-38-40-42-44-46-48-50-52-54-60(64)61-58(57-68-69(65,66)67-56-55-62(3,4)5)59(63)53-51-49-47-45-43-41-39-23-21-19-17-15-13-11-9-7-2/h8,10,14,16,20,22,25-26,28-29,31-32,34-35,37-38,58-59,63H,6-7,9,11-13,15,17-19,21,23-24,27,30,33,36,39-57H2,1-5H3,(H-,61,64,65,66)/p+1/b10-8-,16-14-,22-20-,26-25-,29-28-,32-31-,35-34-,38-37-. The summed E-state index contributed by atoms with van der Waals surface area (Å²) in [5.74, 6) is -0.162. The number of likely N-dealkylation sites (N-methyl/N-ethyl adjacent to an activating group) is 1. The lowest BCUT2D eigenvalue weighted by Crippen LogP contribution is -2.46. The summed E-state index contributed by atoms with van der Waals surface area (Å²) in [6.07, 6.45) is 71.6. The lowest BCUT2D eigenvalue weighted by Gasteiger charge is -2.26. The van der Waals surface area contributed by atoms with E-state index >= 15 is 0 Å². The summed E-state index contributed by atoms with van der Waals surface area (Å²) in [4.78, 5) is 23.3. The molecule has 0 saturated heterocycles. The molecule has 398 valence electrons. The molecule has 0 bridgehead atoms. The van der Waals surface area contributed by atoms with Gasteiger partial charge in [0.15, 0.2) is 0 Å². The zero-order valence-corrected chi connectivity index (χ0v) is 46.2. The number of amides is 1. The van der Waals surface area contributed by atoms with Gasteiger partial charge in [0.05, 0.1) is 39.9 Å². The van der Waals surface area contributed by atoms with Crippen molar-refractivity contribution in [2.24, 2.45) is 0 Å². The number of hydrogen-bond donors (Lipinski definition) is 3. The van der Waals surface area contributed by atoms with Gasteiger partial charge in [-0.15, -0.1) is 0 Å². The molecule has 8 nitrogen and oxygen atoms in total. The number of phosphoric acid groups is 1. The van der Waals surface area contributed by atoms with Crippen LogP contribution in [0, 0.1) is 0 Å². The van der Waals surface area contributed by atoms with Crippen molar-refractivity contribution in [2.45, 2.75) is 238 Å². The van der Waals surface area contributed by atoms with Gasteiger partial charge in [0.25, 0.3) is 0 Å². The lowest BCUT2D eigenvalue weighted by atomic mass is 10.0. The molecule has 0 aromatic rings. The Morgan fingerprint density at radius 1 is 0.507 bits per heavy atom. The molecular weight excluding hydrogens is 876 g/mol. The molecule has 3 N–H and O–H groups in total. The largest absolute Gasteiger partial charge is 0.472 e. The second kappa shape index (κ2) is 50.4. The molecule has 0 radical (unpaired) electrons. The molecule has 0 aromatic carbocycles. The zero-order chi connectivity index (χ0) is 50.6. The Bertz CT molecular complexity index is 1440. The van der Waals surface area contributed by atoms with Gasteiger partial charge in [-0.1, -0.05) is 239 Å². The summed E-state index contributed by atoms with van der Waals surface area (Å²) < 4.78 is 23.7. The van der Waals surface area contributed by atoms with E-state index in [1.807, 2.05) is 21.1 Å². The van der Waals surface area contributed by atoms with E-state index in [0.717, 1.165) is 103 Å². The maximum absolute atomic E-state index is 13.0. The molecule has 3 atom stereocenters. The summed E-state index contributed by atoms with van der Waals surface area (Å²) in [5.41, 5.74) is 0. The lowest BCUT2D eigenvalue weighted by molar-refractivity contribution is -0.870. The van der Waals surface area contributed by atoms with Crippen molar-refractivity contribution in [3.05, 3.63) is 97.2 Å². The van der Waals surface area contributed by atoms with Crippen molar-refractivity contribution in [3.8, 4) is 0 Å². The van der Waals surface area contributed by atoms with E-state index in [2.05, 4.69) is 116 Å². The van der Waals surface area contributed by atoms with Crippen LogP contribution in [0.3, 0.4) is 0 Å². The first-order chi connectivity index (χ1) is 33.5. The molecule has 0 spiro atoms. The second-order valence-corrected chi connectivity index (χ2v) is 21.4. The third-order valence-corrected chi connectivity index (χ3v) is 13.1. The highest BCUT2D eigenvalue weighted by molar-refractivity contribution is 7.47. The van der Waals surface area contributed by atoms with Gasteiger partial charge in [-0.25, -0.2) is 4.57 Å². The molecular formula is C60H108N2O6P+. The number of carbonyl (C=O) groups excluding carboxylic acids is 1. The number of rotatable bonds is 50. The number of allylic oxidation sites excluding steroid dienone is 16. The van der Waals surface area contributed by atoms with Crippen LogP contribution in [-0.4, -0.2) is 73.4 Å². The van der Waals surface area contributed by atoms with Crippen LogP contribution in [0.15, 0.2) is 97.2 Å². The molecule has 0 rings (SSSR count). The highest BCUT2D eigenvalue weighted by Crippen LogP contribution is 2.43. The number of quaternary nitrogens is 1. The average molecular weight is 985 g/mol. The summed E-state index contributed by atoms with van der Waals surface area (Å²) in [6, 6.07) is -0.776. The Hall–Kier alpha value is -2.58. The first kappa shape index (κ1) is 66.4. The number of hydrogen-bond acceptors (Lipinski definition) is 5. The Morgan fingerprint density at radius 3 is 1.28 bits per heavy atom. The van der Waals surface area contributed by atoms with E-state index in [1.165, 1.54) is 96.3 Å². The van der Waals surface area contributed by atoms with E-state index in [0.29, 0.717) is 23.9 Å². The van der Waals surface area contributed by atoms with E-state index in [4.69, 9.17) is 9.05 Å². The van der Waals surface area contributed by atoms with Crippen LogP contribution in [0.25, 0.3) is 0 Å². The maximum Gasteiger partial charge on any atom is 0.472 e. The third-order valence-electron chi connectivity index (χ3n) is 12.1. The second-order valence-electron chi connectivity index (χ2n) is 19.9. The third kappa shape index (κ3) is 53.1. The monoisotopic (exact) mass is 984 g/mol. The van der Waals surface area contributed by atoms with E-state index in [9.17, 15) is 19.4 Å². The van der Waals surface area contributed by atoms with Gasteiger partial charge in [0.1, 0.15) is 13.2 Å². The first-order valence-electron chi connectivity index (χ1n) is 28.1. The summed E-state index contributed by atoms with van der Waals surface area (Å²) in [6.45, 7) is 4.76. The molecule has 69 heavy (non-hydrogen) atoms. The van der Waals surface area contributed by atoms with Gasteiger partial charge < -0.3 is 19.8 Å². The van der Waals surface area contributed by atoms with Crippen LogP contribution >= 0.6 is 7.82 Å². The average Bonchev–Trinajstić information content (AvgIpc) is 3.31. The number of nitrogens with zero attached hydrogens (tertiary/aromatic N) is 1. The van der Waals surface area contributed by atoms with E-state index < -0.39 is 20.0 Å². The quantitative estimate of drug-likeness (QED) is 0.0243. The number of aliphatic hydroxyl groups excluding tert-OH is 1. The first-order valence-corrected chi connectivity index (χ1v) is 29.6. The smallest absolute Gasteiger partial charge is 0.391 e. The zero-order valence-electron chi connectivity index (χ0n) is 45.3. The predicted octanol–water partition coefficient (Wildman–Crippen LogP) is 17.0. The fraction of sp³-hybridized carbons (Fsp3) is 0.717. The normalized spacial score (nSPS) is 14.7. The molecule has 0 aromatic heterocycles. The molecule has 0 saturated carbocycles. The van der Waals surface area contributed by atoms with Gasteiger partial charge in [0, 0.05) is 6.42 Å². The van der Waals surface area contributed by atoms with Crippen LogP contribution in [0.4, 0.5) is 0 Å². The number of carbonyl (C=O) groups is 1. The number of aliphatic hydroxyl groups is 1. The highest BCUT2D eigenvalue weighted by atomic mass is 31.2. The van der Waals surface area contributed by atoms with Crippen molar-refractivity contribution in [1.82, 2.24) is 5.32 Å². The van der Waals surface area contributed by atoms with Crippen LogP contribution in [-0.2, 0) is 18.4 Å². The Labute approximate surface area is 426 Å². The van der Waals surface area contributed by atoms with E-state index in [1.54, 1.807) is 0 Å². The van der Waals surface area contributed by atoms with Crippen molar-refractivity contribution < 1.29 is 32.9 Å². The minimum atomic E-state index is -4.33. The van der Waals surface area contributed by atoms with Gasteiger partial charge in [-0.2, -0.15) is 0 Å². The number of unbranched alkanes of at least 4 members (excludes halogenated alkanes) is 21. The highest BCUT2D eigenvalue weighted by Gasteiger charge is 2.28. The Kier molecular flexibility index (Phi) is 48.5. The van der Waals surface area contributed by atoms with Crippen LogP contribution in [0.1, 0.15) is 226 Å². The topological polar surface area (TPSA) is 105 Å². The fourth-order valence-corrected chi connectivity index (χ4v) is 8.44. The maximum atomic E-state index is 13.0. The molecule has 9 heteroatoms. The fourth-order valence-electron chi connectivity index (χ4n) is 7.71. The van der Waals surface area contributed by atoms with Gasteiger partial charge in [-0.05, 0) is 77.0 Å². The minimum absolute atomic E-state index is 0.0667. The van der Waals surface area contributed by atoms with Crippen LogP contribution in [0.5, 0.6) is 0 Å². The molecule has 0 aliphatic rings. The Balaban J connectivity index is 4.24. The van der Waals surface area contributed by atoms with Crippen LogP contribution < -0.4 is 5.32 Å². The van der Waals surface area contributed by atoms with Gasteiger partial charge in [-0.3, -0.25) is 13.8 Å². The molecule has 1 amide bonds. The van der Waals surface area contributed by atoms with Crippen LogP contribution in [0.2, 0.25) is 0 Å². The molecule has 3 unspecified atom stereocenters. The van der Waals surface area contributed by atoms with Crippen molar-refractivity contribution in [1.29, 1.82) is 0 Å². The molecule has 0 aliphatic heterocycles. The Morgan fingerprint density at radius 2 is 0.870 bits per heavy atom.